The minimum Gasteiger partial charge on any atom is -0.309 e. The van der Waals surface area contributed by atoms with E-state index in [1.54, 1.807) is 11.3 Å². The summed E-state index contributed by atoms with van der Waals surface area (Å²) in [6, 6.07) is 74.6. The van der Waals surface area contributed by atoms with Crippen molar-refractivity contribution in [1.29, 1.82) is 0 Å². The standard InChI is InChI=1S/C55H36N3OPS/c59-60(41-23-9-3-10-24-41,42-25-11-4-12-26-42)43-27-17-22-39(34-43)49-35-40(36-51-52(49)48-30-15-16-31-50(48)61-51)44-32-33-47(46-29-14-13-28-45(44)46)55-57-53(37-18-5-1-6-19-37)56-54(58-55)38-20-7-2-8-21-38/h1-36H. The first-order valence-electron chi connectivity index (χ1n) is 20.3. The van der Waals surface area contributed by atoms with E-state index in [9.17, 15) is 0 Å². The monoisotopic (exact) mass is 817 g/mol. The molecular formula is C55H36N3OPS. The zero-order valence-electron chi connectivity index (χ0n) is 32.9. The van der Waals surface area contributed by atoms with E-state index in [0.29, 0.717) is 17.5 Å². The summed E-state index contributed by atoms with van der Waals surface area (Å²) in [5, 5.41) is 6.99. The Morgan fingerprint density at radius 2 is 0.803 bits per heavy atom. The predicted molar refractivity (Wildman–Crippen MR) is 257 cm³/mol. The van der Waals surface area contributed by atoms with E-state index in [0.717, 1.165) is 65.6 Å². The number of hydrogen-bond donors (Lipinski definition) is 0. The number of hydrogen-bond acceptors (Lipinski definition) is 5. The molecule has 0 aliphatic carbocycles. The van der Waals surface area contributed by atoms with Gasteiger partial charge in [-0.1, -0.05) is 188 Å². The van der Waals surface area contributed by atoms with Gasteiger partial charge in [0, 0.05) is 52.8 Å². The third-order valence-corrected chi connectivity index (χ3v) is 15.6. The fourth-order valence-electron chi connectivity index (χ4n) is 8.50. The van der Waals surface area contributed by atoms with Crippen molar-refractivity contribution in [2.24, 2.45) is 0 Å². The molecule has 0 bridgehead atoms. The highest BCUT2D eigenvalue weighted by Crippen LogP contribution is 2.47. The van der Waals surface area contributed by atoms with Gasteiger partial charge in [-0.25, -0.2) is 15.0 Å². The molecule has 0 spiro atoms. The third-order valence-electron chi connectivity index (χ3n) is 11.4. The molecule has 0 aliphatic heterocycles. The lowest BCUT2D eigenvalue weighted by atomic mass is 9.91. The van der Waals surface area contributed by atoms with E-state index < -0.39 is 7.14 Å². The van der Waals surface area contributed by atoms with Crippen LogP contribution >= 0.6 is 18.5 Å². The van der Waals surface area contributed by atoms with Gasteiger partial charge in [0.25, 0.3) is 0 Å². The summed E-state index contributed by atoms with van der Waals surface area (Å²) in [5.41, 5.74) is 7.13. The number of fused-ring (bicyclic) bond motifs is 4. The first-order chi connectivity index (χ1) is 30.1. The fraction of sp³-hybridized carbons (Fsp3) is 0. The van der Waals surface area contributed by atoms with Gasteiger partial charge < -0.3 is 4.57 Å². The van der Waals surface area contributed by atoms with Gasteiger partial charge in [-0.15, -0.1) is 11.3 Å². The third kappa shape index (κ3) is 6.56. The van der Waals surface area contributed by atoms with Crippen LogP contribution in [-0.4, -0.2) is 15.0 Å². The smallest absolute Gasteiger partial charge is 0.171 e. The van der Waals surface area contributed by atoms with Crippen molar-refractivity contribution < 1.29 is 4.57 Å². The van der Waals surface area contributed by atoms with Gasteiger partial charge in [-0.2, -0.15) is 0 Å². The Bertz CT molecular complexity index is 3340. The highest BCUT2D eigenvalue weighted by Gasteiger charge is 2.30. The zero-order chi connectivity index (χ0) is 40.8. The lowest BCUT2D eigenvalue weighted by Crippen LogP contribution is -2.25. The summed E-state index contributed by atoms with van der Waals surface area (Å²) in [6.07, 6.45) is 0. The summed E-state index contributed by atoms with van der Waals surface area (Å²) in [7, 11) is -3.22. The number of rotatable bonds is 8. The first kappa shape index (κ1) is 36.8. The molecular weight excluding hydrogens is 782 g/mol. The maximum Gasteiger partial charge on any atom is 0.171 e. The van der Waals surface area contributed by atoms with Crippen LogP contribution in [-0.2, 0) is 4.57 Å². The van der Waals surface area contributed by atoms with Gasteiger partial charge >= 0.3 is 0 Å². The Labute approximate surface area is 357 Å². The summed E-state index contributed by atoms with van der Waals surface area (Å²) in [4.78, 5) is 15.1. The lowest BCUT2D eigenvalue weighted by Gasteiger charge is -2.21. The van der Waals surface area contributed by atoms with Crippen LogP contribution in [0.1, 0.15) is 0 Å². The van der Waals surface area contributed by atoms with Crippen molar-refractivity contribution in [2.75, 3.05) is 0 Å². The van der Waals surface area contributed by atoms with Crippen molar-refractivity contribution >= 4 is 65.3 Å². The van der Waals surface area contributed by atoms with E-state index in [1.165, 1.54) is 20.2 Å². The van der Waals surface area contributed by atoms with Gasteiger partial charge in [-0.3, -0.25) is 0 Å². The molecule has 0 unspecified atom stereocenters. The Hall–Kier alpha value is -7.30. The Morgan fingerprint density at radius 3 is 1.43 bits per heavy atom. The van der Waals surface area contributed by atoms with Crippen LogP contribution < -0.4 is 15.9 Å². The average molecular weight is 818 g/mol. The second-order valence-corrected chi connectivity index (χ2v) is 18.9. The normalized spacial score (nSPS) is 11.7. The molecule has 9 aromatic carbocycles. The molecule has 4 nitrogen and oxygen atoms in total. The summed E-state index contributed by atoms with van der Waals surface area (Å²) < 4.78 is 18.0. The summed E-state index contributed by atoms with van der Waals surface area (Å²) in [5.74, 6) is 1.88. The fourth-order valence-corrected chi connectivity index (χ4v) is 12.4. The Kier molecular flexibility index (Phi) is 9.27. The Balaban J connectivity index is 1.11. The van der Waals surface area contributed by atoms with Gasteiger partial charge in [0.15, 0.2) is 24.6 Å². The van der Waals surface area contributed by atoms with Crippen LogP contribution in [0.25, 0.3) is 87.4 Å². The molecule has 0 saturated carbocycles. The highest BCUT2D eigenvalue weighted by molar-refractivity contribution is 7.85. The second-order valence-electron chi connectivity index (χ2n) is 15.1. The molecule has 0 aliphatic rings. The van der Waals surface area contributed by atoms with Crippen molar-refractivity contribution in [1.82, 2.24) is 15.0 Å². The molecule has 2 heterocycles. The van der Waals surface area contributed by atoms with E-state index >= 15 is 4.57 Å². The maximum atomic E-state index is 15.6. The van der Waals surface area contributed by atoms with Crippen LogP contribution in [0.3, 0.4) is 0 Å². The molecule has 6 heteroatoms. The lowest BCUT2D eigenvalue weighted by molar-refractivity contribution is 0.592. The second kappa shape index (κ2) is 15.4. The van der Waals surface area contributed by atoms with Gasteiger partial charge in [0.1, 0.15) is 0 Å². The molecule has 0 N–H and O–H groups in total. The van der Waals surface area contributed by atoms with E-state index in [1.807, 2.05) is 127 Å². The molecule has 0 amide bonds. The molecule has 0 radical (unpaired) electrons. The van der Waals surface area contributed by atoms with E-state index in [4.69, 9.17) is 15.0 Å². The molecule has 11 aromatic rings. The van der Waals surface area contributed by atoms with Crippen LogP contribution in [0.2, 0.25) is 0 Å². The van der Waals surface area contributed by atoms with Gasteiger partial charge in [0.2, 0.25) is 0 Å². The molecule has 0 fully saturated rings. The number of thiophene rings is 1. The minimum absolute atomic E-state index is 0.620. The SMILES string of the molecule is O=P(c1ccccc1)(c1ccccc1)c1cccc(-c2cc(-c3ccc(-c4nc(-c5ccccc5)nc(-c5ccccc5)n4)c4ccccc34)cc3sc4ccccc4c23)c1. The van der Waals surface area contributed by atoms with Crippen molar-refractivity contribution in [3.05, 3.63) is 218 Å². The molecule has 0 atom stereocenters. The molecule has 2 aromatic heterocycles. The maximum absolute atomic E-state index is 15.6. The minimum atomic E-state index is -3.22. The van der Waals surface area contributed by atoms with Gasteiger partial charge in [-0.05, 0) is 63.4 Å². The summed E-state index contributed by atoms with van der Waals surface area (Å²) in [6.45, 7) is 0. The van der Waals surface area contributed by atoms with Crippen molar-refractivity contribution in [3.63, 3.8) is 0 Å². The van der Waals surface area contributed by atoms with E-state index in [-0.39, 0.29) is 0 Å². The average Bonchev–Trinajstić information content (AvgIpc) is 3.73. The topological polar surface area (TPSA) is 55.7 Å². The van der Waals surface area contributed by atoms with Gasteiger partial charge in [0.05, 0.1) is 0 Å². The predicted octanol–water partition coefficient (Wildman–Crippen LogP) is 13.4. The zero-order valence-corrected chi connectivity index (χ0v) is 34.6. The van der Waals surface area contributed by atoms with Crippen LogP contribution in [0.4, 0.5) is 0 Å². The number of aromatic nitrogens is 3. The van der Waals surface area contributed by atoms with Crippen molar-refractivity contribution in [2.45, 2.75) is 0 Å². The molecule has 11 rings (SSSR count). The van der Waals surface area contributed by atoms with Crippen molar-refractivity contribution in [3.8, 4) is 56.4 Å². The number of benzene rings is 9. The van der Waals surface area contributed by atoms with Crippen LogP contribution in [0.15, 0.2) is 218 Å². The quantitative estimate of drug-likeness (QED) is 0.143. The molecule has 61 heavy (non-hydrogen) atoms. The van der Waals surface area contributed by atoms with Crippen LogP contribution in [0.5, 0.6) is 0 Å². The Morgan fingerprint density at radius 1 is 0.328 bits per heavy atom. The van der Waals surface area contributed by atoms with E-state index in [2.05, 4.69) is 91.0 Å². The molecule has 288 valence electrons. The largest absolute Gasteiger partial charge is 0.309 e. The first-order valence-corrected chi connectivity index (χ1v) is 22.8. The number of nitrogens with zero attached hydrogens (tertiary/aromatic N) is 3. The molecule has 0 saturated heterocycles. The highest BCUT2D eigenvalue weighted by atomic mass is 32.1. The summed E-state index contributed by atoms with van der Waals surface area (Å²) >= 11 is 1.81. The van der Waals surface area contributed by atoms with Crippen LogP contribution in [0, 0.1) is 0 Å².